The zero-order chi connectivity index (χ0) is 22.3. The average molecular weight is 450 g/mol. The maximum absolute atomic E-state index is 12.9. The third kappa shape index (κ3) is 5.39. The van der Waals surface area contributed by atoms with Crippen molar-refractivity contribution < 1.29 is 19.1 Å². The van der Waals surface area contributed by atoms with Crippen LogP contribution in [-0.4, -0.2) is 35.9 Å². The normalized spacial score (nSPS) is 13.2. The highest BCUT2D eigenvalue weighted by Crippen LogP contribution is 2.25. The van der Waals surface area contributed by atoms with Crippen LogP contribution in [0.15, 0.2) is 66.0 Å². The first kappa shape index (κ1) is 21.7. The smallest absolute Gasteiger partial charge is 0.312 e. The number of para-hydroxylation sites is 1. The summed E-state index contributed by atoms with van der Waals surface area (Å²) in [5.41, 5.74) is 2.24. The molecule has 1 aromatic heterocycles. The number of carbonyl (C=O) groups is 3. The van der Waals surface area contributed by atoms with Crippen molar-refractivity contribution in [2.75, 3.05) is 23.0 Å². The molecule has 32 heavy (non-hydrogen) atoms. The summed E-state index contributed by atoms with van der Waals surface area (Å²) in [5, 5.41) is 2.35. The van der Waals surface area contributed by atoms with Crippen molar-refractivity contribution >= 4 is 39.9 Å². The van der Waals surface area contributed by atoms with Crippen molar-refractivity contribution in [2.24, 2.45) is 0 Å². The molecule has 1 aliphatic heterocycles. The van der Waals surface area contributed by atoms with Gasteiger partial charge in [-0.1, -0.05) is 48.5 Å². The van der Waals surface area contributed by atoms with Gasteiger partial charge in [0.25, 0.3) is 5.91 Å². The second-order valence-corrected chi connectivity index (χ2v) is 8.25. The van der Waals surface area contributed by atoms with Gasteiger partial charge in [0.1, 0.15) is 0 Å². The van der Waals surface area contributed by atoms with E-state index in [1.54, 1.807) is 15.2 Å². The van der Waals surface area contributed by atoms with Crippen LogP contribution in [0.4, 0.5) is 10.8 Å². The monoisotopic (exact) mass is 449 g/mol. The van der Waals surface area contributed by atoms with E-state index in [1.165, 1.54) is 11.3 Å². The Bertz CT molecular complexity index is 1080. The maximum Gasteiger partial charge on any atom is 0.312 e. The van der Waals surface area contributed by atoms with Crippen LogP contribution in [0.2, 0.25) is 0 Å². The Hall–Kier alpha value is -3.52. The quantitative estimate of drug-likeness (QED) is 0.491. The Labute approximate surface area is 190 Å². The highest BCUT2D eigenvalue weighted by molar-refractivity contribution is 7.14. The van der Waals surface area contributed by atoms with Gasteiger partial charge in [0.05, 0.1) is 18.7 Å². The minimum Gasteiger partial charge on any atom is -0.455 e. The highest BCUT2D eigenvalue weighted by Gasteiger charge is 2.25. The molecule has 3 aromatic rings. The predicted molar refractivity (Wildman–Crippen MR) is 122 cm³/mol. The van der Waals surface area contributed by atoms with Gasteiger partial charge in [0, 0.05) is 24.0 Å². The highest BCUT2D eigenvalue weighted by atomic mass is 32.1. The number of carbonyl (C=O) groups excluding carboxylic acids is 3. The summed E-state index contributed by atoms with van der Waals surface area (Å²) in [4.78, 5) is 44.7. The number of nitrogens with zero attached hydrogens (tertiary/aromatic N) is 3. The molecular formula is C24H23N3O4S. The van der Waals surface area contributed by atoms with E-state index >= 15 is 0 Å². The number of aromatic nitrogens is 1. The van der Waals surface area contributed by atoms with E-state index < -0.39 is 5.97 Å². The molecule has 1 saturated heterocycles. The summed E-state index contributed by atoms with van der Waals surface area (Å²) in [6.07, 6.45) is 1.30. The summed E-state index contributed by atoms with van der Waals surface area (Å²) in [5.74, 6) is -0.788. The van der Waals surface area contributed by atoms with E-state index in [0.717, 1.165) is 17.7 Å². The topological polar surface area (TPSA) is 79.8 Å². The molecule has 0 saturated carbocycles. The molecule has 0 aliphatic carbocycles. The van der Waals surface area contributed by atoms with Crippen LogP contribution in [0.3, 0.4) is 0 Å². The van der Waals surface area contributed by atoms with E-state index in [2.05, 4.69) is 4.98 Å². The summed E-state index contributed by atoms with van der Waals surface area (Å²) in [6.45, 7) is 0.671. The fourth-order valence-electron chi connectivity index (χ4n) is 3.47. The van der Waals surface area contributed by atoms with E-state index in [1.807, 2.05) is 60.7 Å². The molecule has 1 aliphatic rings. The molecule has 0 unspecified atom stereocenters. The first-order valence-electron chi connectivity index (χ1n) is 10.4. The standard InChI is InChI=1S/C24H23N3O4S/c28-21-12-7-13-26(21)24-25-19(17-32-24)14-23(30)31-16-22(29)27(20-10-5-2-6-11-20)15-18-8-3-1-4-9-18/h1-6,8-11,17H,7,12-16H2. The summed E-state index contributed by atoms with van der Waals surface area (Å²) < 4.78 is 5.26. The summed E-state index contributed by atoms with van der Waals surface area (Å²) in [7, 11) is 0. The molecule has 2 amide bonds. The van der Waals surface area contributed by atoms with Gasteiger partial charge in [0.2, 0.25) is 5.91 Å². The summed E-state index contributed by atoms with van der Waals surface area (Å²) in [6, 6.07) is 18.9. The number of amides is 2. The van der Waals surface area contributed by atoms with Gasteiger partial charge in [-0.3, -0.25) is 19.3 Å². The number of esters is 1. The fourth-order valence-corrected chi connectivity index (χ4v) is 4.34. The Morgan fingerprint density at radius 3 is 2.47 bits per heavy atom. The molecule has 0 bridgehead atoms. The Morgan fingerprint density at radius 1 is 1.06 bits per heavy atom. The third-order valence-corrected chi connectivity index (χ3v) is 5.99. The molecule has 0 atom stereocenters. The number of rotatable bonds is 8. The SMILES string of the molecule is O=C(Cc1csc(N2CCCC2=O)n1)OCC(=O)N(Cc1ccccc1)c1ccccc1. The zero-order valence-corrected chi connectivity index (χ0v) is 18.3. The number of thiazole rings is 1. The molecule has 0 radical (unpaired) electrons. The number of hydrogen-bond acceptors (Lipinski definition) is 6. The van der Waals surface area contributed by atoms with E-state index in [9.17, 15) is 14.4 Å². The van der Waals surface area contributed by atoms with E-state index in [-0.39, 0.29) is 24.8 Å². The Morgan fingerprint density at radius 2 is 1.78 bits per heavy atom. The van der Waals surface area contributed by atoms with Gasteiger partial charge in [-0.15, -0.1) is 11.3 Å². The molecule has 7 nitrogen and oxygen atoms in total. The lowest BCUT2D eigenvalue weighted by molar-refractivity contribution is -0.147. The van der Waals surface area contributed by atoms with Crippen molar-refractivity contribution in [1.82, 2.24) is 4.98 Å². The van der Waals surface area contributed by atoms with Crippen LogP contribution >= 0.6 is 11.3 Å². The maximum atomic E-state index is 12.9. The second-order valence-electron chi connectivity index (χ2n) is 7.41. The molecule has 1 fully saturated rings. The van der Waals surface area contributed by atoms with Gasteiger partial charge in [0.15, 0.2) is 11.7 Å². The third-order valence-electron chi connectivity index (χ3n) is 5.08. The van der Waals surface area contributed by atoms with Crippen molar-refractivity contribution in [1.29, 1.82) is 0 Å². The Kier molecular flexibility index (Phi) is 6.91. The lowest BCUT2D eigenvalue weighted by atomic mass is 10.2. The van der Waals surface area contributed by atoms with Crippen LogP contribution in [0.25, 0.3) is 0 Å². The second kappa shape index (κ2) is 10.2. The first-order valence-corrected chi connectivity index (χ1v) is 11.3. The zero-order valence-electron chi connectivity index (χ0n) is 17.5. The van der Waals surface area contributed by atoms with Crippen molar-refractivity contribution in [3.05, 3.63) is 77.3 Å². The van der Waals surface area contributed by atoms with Crippen LogP contribution < -0.4 is 9.80 Å². The van der Waals surface area contributed by atoms with E-state index in [0.29, 0.717) is 30.3 Å². The van der Waals surface area contributed by atoms with Crippen LogP contribution in [-0.2, 0) is 32.1 Å². The van der Waals surface area contributed by atoms with Crippen molar-refractivity contribution in [3.8, 4) is 0 Å². The van der Waals surface area contributed by atoms with E-state index in [4.69, 9.17) is 4.74 Å². The average Bonchev–Trinajstić information content (AvgIpc) is 3.45. The van der Waals surface area contributed by atoms with Crippen molar-refractivity contribution in [2.45, 2.75) is 25.8 Å². The molecule has 0 N–H and O–H groups in total. The molecular weight excluding hydrogens is 426 g/mol. The molecule has 4 rings (SSSR count). The molecule has 2 heterocycles. The first-order chi connectivity index (χ1) is 15.6. The van der Waals surface area contributed by atoms with Crippen LogP contribution in [0.1, 0.15) is 24.1 Å². The molecule has 8 heteroatoms. The fraction of sp³-hybridized carbons (Fsp3) is 0.250. The van der Waals surface area contributed by atoms with Crippen molar-refractivity contribution in [3.63, 3.8) is 0 Å². The summed E-state index contributed by atoms with van der Waals surface area (Å²) >= 11 is 1.33. The van der Waals surface area contributed by atoms with Gasteiger partial charge in [-0.05, 0) is 24.1 Å². The van der Waals surface area contributed by atoms with Crippen LogP contribution in [0.5, 0.6) is 0 Å². The molecule has 2 aromatic carbocycles. The lowest BCUT2D eigenvalue weighted by Crippen LogP contribution is -2.34. The van der Waals surface area contributed by atoms with Gasteiger partial charge < -0.3 is 9.64 Å². The van der Waals surface area contributed by atoms with Gasteiger partial charge in [-0.2, -0.15) is 0 Å². The largest absolute Gasteiger partial charge is 0.455 e. The van der Waals surface area contributed by atoms with Gasteiger partial charge in [-0.25, -0.2) is 4.98 Å². The number of ether oxygens (including phenoxy) is 1. The molecule has 164 valence electrons. The van der Waals surface area contributed by atoms with Gasteiger partial charge >= 0.3 is 5.97 Å². The number of anilines is 2. The number of hydrogen-bond donors (Lipinski definition) is 0. The predicted octanol–water partition coefficient (Wildman–Crippen LogP) is 3.59. The lowest BCUT2D eigenvalue weighted by Gasteiger charge is -2.23. The minimum atomic E-state index is -0.532. The van der Waals surface area contributed by atoms with Crippen LogP contribution in [0, 0.1) is 0 Å². The minimum absolute atomic E-state index is 0.0458. The molecule has 0 spiro atoms. The Balaban J connectivity index is 1.36. The number of benzene rings is 2.